The Morgan fingerprint density at radius 3 is 2.21 bits per heavy atom. The summed E-state index contributed by atoms with van der Waals surface area (Å²) in [5.41, 5.74) is 3.10. The van der Waals surface area contributed by atoms with E-state index in [4.69, 9.17) is 32.4 Å². The molecular formula is C31H25Cl2N3O6. The van der Waals surface area contributed by atoms with Crippen molar-refractivity contribution in [3.05, 3.63) is 111 Å². The zero-order chi connectivity index (χ0) is 29.8. The molecule has 3 amide bonds. The lowest BCUT2D eigenvalue weighted by atomic mass is 10.0. The summed E-state index contributed by atoms with van der Waals surface area (Å²) < 4.78 is 10.5. The number of esters is 1. The van der Waals surface area contributed by atoms with Crippen molar-refractivity contribution in [1.29, 1.82) is 0 Å². The number of methoxy groups -OCH3 is 1. The summed E-state index contributed by atoms with van der Waals surface area (Å²) in [4.78, 5) is 56.2. The van der Waals surface area contributed by atoms with E-state index < -0.39 is 17.9 Å². The van der Waals surface area contributed by atoms with E-state index in [0.29, 0.717) is 41.1 Å². The van der Waals surface area contributed by atoms with Crippen molar-refractivity contribution in [3.8, 4) is 11.5 Å². The second-order valence-corrected chi connectivity index (χ2v) is 10.4. The predicted octanol–water partition coefficient (Wildman–Crippen LogP) is 5.39. The molecule has 1 N–H and O–H groups in total. The first-order chi connectivity index (χ1) is 20.3. The first-order valence-corrected chi connectivity index (χ1v) is 13.8. The molecule has 1 aromatic heterocycles. The SMILES string of the molecule is COC(=O)[C@H](Cc1ccc(-c2nc(CCCN3C(=O)c4ccccc4C3=O)co2)cc1)NC(=O)c1c(Cl)cccc1Cl. The normalized spacial score (nSPS) is 13.2. The van der Waals surface area contributed by atoms with Crippen molar-refractivity contribution < 1.29 is 28.3 Å². The molecule has 0 radical (unpaired) electrons. The lowest BCUT2D eigenvalue weighted by Gasteiger charge is -2.17. The van der Waals surface area contributed by atoms with E-state index in [2.05, 4.69) is 10.3 Å². The fraction of sp³-hybridized carbons (Fsp3) is 0.194. The van der Waals surface area contributed by atoms with E-state index in [1.807, 2.05) is 0 Å². The molecule has 0 fully saturated rings. The van der Waals surface area contributed by atoms with Gasteiger partial charge in [-0.3, -0.25) is 19.3 Å². The molecular weight excluding hydrogens is 581 g/mol. The minimum absolute atomic E-state index is 0.0773. The molecule has 2 heterocycles. The number of imide groups is 1. The van der Waals surface area contributed by atoms with Gasteiger partial charge in [0.05, 0.1) is 39.5 Å². The van der Waals surface area contributed by atoms with Crippen LogP contribution < -0.4 is 5.32 Å². The average molecular weight is 606 g/mol. The lowest BCUT2D eigenvalue weighted by Crippen LogP contribution is -2.43. The van der Waals surface area contributed by atoms with Crippen molar-refractivity contribution in [2.24, 2.45) is 0 Å². The third kappa shape index (κ3) is 6.07. The summed E-state index contributed by atoms with van der Waals surface area (Å²) in [7, 11) is 1.24. The van der Waals surface area contributed by atoms with Crippen LogP contribution in [0.5, 0.6) is 0 Å². The zero-order valence-corrected chi connectivity index (χ0v) is 23.9. The molecule has 42 heavy (non-hydrogen) atoms. The number of aromatic nitrogens is 1. The minimum atomic E-state index is -0.976. The number of nitrogens with one attached hydrogen (secondary N) is 1. The summed E-state index contributed by atoms with van der Waals surface area (Å²) in [6, 6.07) is 17.7. The molecule has 0 bridgehead atoms. The molecule has 1 atom stereocenters. The van der Waals surface area contributed by atoms with E-state index in [-0.39, 0.29) is 40.4 Å². The highest BCUT2D eigenvalue weighted by Crippen LogP contribution is 2.26. The Morgan fingerprint density at radius 2 is 1.60 bits per heavy atom. The summed E-state index contributed by atoms with van der Waals surface area (Å²) in [5, 5.41) is 2.99. The molecule has 0 saturated carbocycles. The molecule has 0 unspecified atom stereocenters. The molecule has 1 aliphatic rings. The summed E-state index contributed by atoms with van der Waals surface area (Å²) >= 11 is 12.3. The van der Waals surface area contributed by atoms with Crippen LogP contribution in [0.15, 0.2) is 77.4 Å². The highest BCUT2D eigenvalue weighted by Gasteiger charge is 2.34. The van der Waals surface area contributed by atoms with Crippen molar-refractivity contribution in [2.45, 2.75) is 25.3 Å². The van der Waals surface area contributed by atoms with Gasteiger partial charge in [0, 0.05) is 18.5 Å². The molecule has 1 aliphatic heterocycles. The van der Waals surface area contributed by atoms with Gasteiger partial charge < -0.3 is 14.5 Å². The number of rotatable bonds is 10. The first kappa shape index (κ1) is 29.0. The van der Waals surface area contributed by atoms with Crippen LogP contribution in [-0.2, 0) is 22.4 Å². The quantitative estimate of drug-likeness (QED) is 0.190. The van der Waals surface area contributed by atoms with Gasteiger partial charge in [-0.1, -0.05) is 53.5 Å². The van der Waals surface area contributed by atoms with Crippen molar-refractivity contribution >= 4 is 46.9 Å². The number of hydrogen-bond acceptors (Lipinski definition) is 7. The van der Waals surface area contributed by atoms with Crippen LogP contribution in [0.25, 0.3) is 11.5 Å². The Balaban J connectivity index is 1.19. The summed E-state index contributed by atoms with van der Waals surface area (Å²) in [6.07, 6.45) is 2.77. The monoisotopic (exact) mass is 605 g/mol. The van der Waals surface area contributed by atoms with Gasteiger partial charge in [0.25, 0.3) is 17.7 Å². The fourth-order valence-corrected chi connectivity index (χ4v) is 5.28. The Bertz CT molecular complexity index is 1610. The van der Waals surface area contributed by atoms with Gasteiger partial charge >= 0.3 is 5.97 Å². The van der Waals surface area contributed by atoms with Gasteiger partial charge in [0.2, 0.25) is 5.89 Å². The van der Waals surface area contributed by atoms with Crippen LogP contribution in [0.2, 0.25) is 10.0 Å². The van der Waals surface area contributed by atoms with E-state index >= 15 is 0 Å². The number of amides is 3. The van der Waals surface area contributed by atoms with Gasteiger partial charge in [-0.25, -0.2) is 9.78 Å². The standard InChI is InChI=1S/C31H25Cl2N3O6/c1-41-31(40)25(35-27(37)26-23(32)9-4-10-24(26)33)16-18-11-13-19(14-12-18)28-34-20(17-42-28)6-5-15-36-29(38)21-7-2-3-8-22(21)30(36)39/h2-4,7-14,17,25H,5-6,15-16H2,1H3,(H,35,37)/t25-/m0/s1. The van der Waals surface area contributed by atoms with E-state index in [1.54, 1.807) is 60.9 Å². The van der Waals surface area contributed by atoms with Crippen LogP contribution in [0, 0.1) is 0 Å². The third-order valence-corrected chi connectivity index (χ3v) is 7.50. The highest BCUT2D eigenvalue weighted by molar-refractivity contribution is 6.39. The maximum atomic E-state index is 12.8. The second kappa shape index (κ2) is 12.6. The maximum Gasteiger partial charge on any atom is 0.328 e. The number of fused-ring (bicyclic) bond motifs is 1. The molecule has 0 aliphatic carbocycles. The number of hydrogen-bond donors (Lipinski definition) is 1. The fourth-order valence-electron chi connectivity index (χ4n) is 4.71. The Morgan fingerprint density at radius 1 is 0.952 bits per heavy atom. The maximum absolute atomic E-state index is 12.8. The Kier molecular flexibility index (Phi) is 8.70. The van der Waals surface area contributed by atoms with Gasteiger partial charge in [-0.15, -0.1) is 0 Å². The summed E-state index contributed by atoms with van der Waals surface area (Å²) in [5.74, 6) is -1.36. The summed E-state index contributed by atoms with van der Waals surface area (Å²) in [6.45, 7) is 0.282. The molecule has 11 heteroatoms. The molecule has 9 nitrogen and oxygen atoms in total. The van der Waals surface area contributed by atoms with Gasteiger partial charge in [0.15, 0.2) is 0 Å². The number of aryl methyl sites for hydroxylation is 1. The van der Waals surface area contributed by atoms with E-state index in [9.17, 15) is 19.2 Å². The number of halogens is 2. The number of nitrogens with zero attached hydrogens (tertiary/aromatic N) is 2. The van der Waals surface area contributed by atoms with Gasteiger partial charge in [-0.2, -0.15) is 0 Å². The van der Waals surface area contributed by atoms with Crippen molar-refractivity contribution in [1.82, 2.24) is 15.2 Å². The van der Waals surface area contributed by atoms with Gasteiger partial charge in [-0.05, 0) is 54.8 Å². The Hall–Kier alpha value is -4.47. The van der Waals surface area contributed by atoms with Crippen LogP contribution in [0.3, 0.4) is 0 Å². The lowest BCUT2D eigenvalue weighted by molar-refractivity contribution is -0.142. The van der Waals surface area contributed by atoms with Crippen LogP contribution in [0.4, 0.5) is 0 Å². The van der Waals surface area contributed by atoms with E-state index in [1.165, 1.54) is 24.1 Å². The second-order valence-electron chi connectivity index (χ2n) is 9.60. The van der Waals surface area contributed by atoms with Crippen molar-refractivity contribution in [2.75, 3.05) is 13.7 Å². The van der Waals surface area contributed by atoms with E-state index in [0.717, 1.165) is 5.56 Å². The number of benzene rings is 3. The topological polar surface area (TPSA) is 119 Å². The number of carbonyl (C=O) groups excluding carboxylic acids is 4. The van der Waals surface area contributed by atoms with Crippen LogP contribution >= 0.6 is 23.2 Å². The first-order valence-electron chi connectivity index (χ1n) is 13.1. The molecule has 214 valence electrons. The van der Waals surface area contributed by atoms with Crippen LogP contribution in [-0.4, -0.2) is 53.3 Å². The Labute approximate surface area is 251 Å². The van der Waals surface area contributed by atoms with Gasteiger partial charge in [0.1, 0.15) is 12.3 Å². The molecule has 3 aromatic carbocycles. The van der Waals surface area contributed by atoms with Crippen molar-refractivity contribution in [3.63, 3.8) is 0 Å². The smallest absolute Gasteiger partial charge is 0.328 e. The van der Waals surface area contributed by atoms with Crippen LogP contribution in [0.1, 0.15) is 48.8 Å². The molecule has 5 rings (SSSR count). The zero-order valence-electron chi connectivity index (χ0n) is 22.4. The minimum Gasteiger partial charge on any atom is -0.467 e. The number of ether oxygens (including phenoxy) is 1. The molecule has 0 saturated heterocycles. The molecule has 0 spiro atoms. The largest absolute Gasteiger partial charge is 0.467 e. The molecule has 4 aromatic rings. The number of carbonyl (C=O) groups is 4. The highest BCUT2D eigenvalue weighted by atomic mass is 35.5. The number of oxazole rings is 1. The average Bonchev–Trinajstić information content (AvgIpc) is 3.55. The third-order valence-electron chi connectivity index (χ3n) is 6.87. The predicted molar refractivity (Wildman–Crippen MR) is 156 cm³/mol.